The molecule has 100 valence electrons. The maximum Gasteiger partial charge on any atom is 0.118 e. The second-order valence-corrected chi connectivity index (χ2v) is 5.28. The van der Waals surface area contributed by atoms with Crippen LogP contribution in [0.3, 0.4) is 0 Å². The van der Waals surface area contributed by atoms with Crippen LogP contribution in [-0.2, 0) is 6.42 Å². The fraction of sp³-hybridized carbons (Fsp3) is 0.600. The highest BCUT2D eigenvalue weighted by Gasteiger charge is 2.39. The Bertz CT molecular complexity index is 369. The fourth-order valence-electron chi connectivity index (χ4n) is 2.65. The highest BCUT2D eigenvalue weighted by Crippen LogP contribution is 2.25. The Labute approximate surface area is 109 Å². The highest BCUT2D eigenvalue weighted by molar-refractivity contribution is 5.27. The molecule has 1 saturated heterocycles. The second-order valence-electron chi connectivity index (χ2n) is 5.28. The van der Waals surface area contributed by atoms with Crippen molar-refractivity contribution < 1.29 is 9.84 Å². The maximum absolute atomic E-state index is 10.1. The number of benzene rings is 1. The van der Waals surface area contributed by atoms with Gasteiger partial charge in [0.15, 0.2) is 0 Å². The zero-order valence-electron chi connectivity index (χ0n) is 11.4. The summed E-state index contributed by atoms with van der Waals surface area (Å²) in [4.78, 5) is 2.32. The summed E-state index contributed by atoms with van der Waals surface area (Å²) in [7, 11) is 1.68. The van der Waals surface area contributed by atoms with E-state index in [1.165, 1.54) is 5.56 Å². The second kappa shape index (κ2) is 5.72. The molecular weight excluding hydrogens is 226 g/mol. The third-order valence-electron chi connectivity index (χ3n) is 3.63. The van der Waals surface area contributed by atoms with E-state index >= 15 is 0 Å². The number of methoxy groups -OCH3 is 1. The van der Waals surface area contributed by atoms with Crippen molar-refractivity contribution in [3.8, 4) is 5.75 Å². The van der Waals surface area contributed by atoms with Gasteiger partial charge in [0.05, 0.1) is 12.7 Å². The lowest BCUT2D eigenvalue weighted by Gasteiger charge is -2.46. The molecular formula is C15H23NO2. The van der Waals surface area contributed by atoms with E-state index < -0.39 is 5.60 Å². The number of β-amino-alcohol motifs (C(OH)–C–C–N with tert-alkyl or cyclic N) is 1. The van der Waals surface area contributed by atoms with E-state index in [1.807, 2.05) is 12.1 Å². The first-order valence-electron chi connectivity index (χ1n) is 6.73. The molecule has 2 rings (SSSR count). The third-order valence-corrected chi connectivity index (χ3v) is 3.63. The van der Waals surface area contributed by atoms with Crippen LogP contribution in [0.5, 0.6) is 5.75 Å². The lowest BCUT2D eigenvalue weighted by molar-refractivity contribution is -0.102. The Morgan fingerprint density at radius 1 is 1.28 bits per heavy atom. The van der Waals surface area contributed by atoms with Crippen molar-refractivity contribution in [2.45, 2.75) is 31.8 Å². The van der Waals surface area contributed by atoms with Gasteiger partial charge in [-0.3, -0.25) is 4.90 Å². The van der Waals surface area contributed by atoms with Gasteiger partial charge in [-0.1, -0.05) is 25.5 Å². The van der Waals surface area contributed by atoms with Crippen molar-refractivity contribution in [3.05, 3.63) is 29.8 Å². The maximum atomic E-state index is 10.1. The first kappa shape index (κ1) is 13.4. The molecule has 1 heterocycles. The molecule has 0 radical (unpaired) electrons. The molecule has 3 nitrogen and oxygen atoms in total. The minimum Gasteiger partial charge on any atom is -0.497 e. The summed E-state index contributed by atoms with van der Waals surface area (Å²) < 4.78 is 5.14. The zero-order chi connectivity index (χ0) is 13.0. The molecule has 0 spiro atoms. The SMILES string of the molecule is CCCC1(O)CN(CCc2ccc(OC)cc2)C1. The average Bonchev–Trinajstić information content (AvgIpc) is 2.35. The monoisotopic (exact) mass is 249 g/mol. The van der Waals surface area contributed by atoms with Crippen LogP contribution in [0.1, 0.15) is 25.3 Å². The van der Waals surface area contributed by atoms with Crippen LogP contribution in [-0.4, -0.2) is 42.4 Å². The molecule has 0 saturated carbocycles. The molecule has 0 aromatic heterocycles. The first-order chi connectivity index (χ1) is 8.65. The van der Waals surface area contributed by atoms with Crippen molar-refractivity contribution in [2.24, 2.45) is 0 Å². The van der Waals surface area contributed by atoms with E-state index in [1.54, 1.807) is 7.11 Å². The summed E-state index contributed by atoms with van der Waals surface area (Å²) in [6, 6.07) is 8.21. The lowest BCUT2D eigenvalue weighted by Crippen LogP contribution is -2.61. The van der Waals surface area contributed by atoms with Gasteiger partial charge >= 0.3 is 0 Å². The highest BCUT2D eigenvalue weighted by atomic mass is 16.5. The summed E-state index contributed by atoms with van der Waals surface area (Å²) in [6.07, 6.45) is 3.01. The Kier molecular flexibility index (Phi) is 4.25. The molecule has 1 N–H and O–H groups in total. The number of rotatable bonds is 6. The van der Waals surface area contributed by atoms with Gasteiger partial charge in [0.25, 0.3) is 0 Å². The van der Waals surface area contributed by atoms with Crippen molar-refractivity contribution >= 4 is 0 Å². The van der Waals surface area contributed by atoms with Crippen LogP contribution in [0.15, 0.2) is 24.3 Å². The van der Waals surface area contributed by atoms with Gasteiger partial charge in [0.2, 0.25) is 0 Å². The Balaban J connectivity index is 1.73. The van der Waals surface area contributed by atoms with Crippen LogP contribution in [0.4, 0.5) is 0 Å². The van der Waals surface area contributed by atoms with Crippen LogP contribution < -0.4 is 4.74 Å². The van der Waals surface area contributed by atoms with Crippen LogP contribution in [0, 0.1) is 0 Å². The van der Waals surface area contributed by atoms with Gasteiger partial charge in [0, 0.05) is 19.6 Å². The predicted octanol–water partition coefficient (Wildman–Crippen LogP) is 2.08. The number of nitrogens with zero attached hydrogens (tertiary/aromatic N) is 1. The van der Waals surface area contributed by atoms with Gasteiger partial charge < -0.3 is 9.84 Å². The smallest absolute Gasteiger partial charge is 0.118 e. The molecule has 3 heteroatoms. The molecule has 0 unspecified atom stereocenters. The largest absolute Gasteiger partial charge is 0.497 e. The van der Waals surface area contributed by atoms with Gasteiger partial charge in [0.1, 0.15) is 5.75 Å². The molecule has 0 bridgehead atoms. The zero-order valence-corrected chi connectivity index (χ0v) is 11.4. The van der Waals surface area contributed by atoms with E-state index in [9.17, 15) is 5.11 Å². The van der Waals surface area contributed by atoms with Crippen molar-refractivity contribution in [2.75, 3.05) is 26.7 Å². The molecule has 18 heavy (non-hydrogen) atoms. The molecule has 1 aliphatic rings. The van der Waals surface area contributed by atoms with E-state index in [4.69, 9.17) is 4.74 Å². The Hall–Kier alpha value is -1.06. The third kappa shape index (κ3) is 3.24. The van der Waals surface area contributed by atoms with E-state index in [-0.39, 0.29) is 0 Å². The normalized spacial score (nSPS) is 18.4. The number of aliphatic hydroxyl groups is 1. The molecule has 1 aliphatic heterocycles. The Morgan fingerprint density at radius 3 is 2.50 bits per heavy atom. The molecule has 1 aromatic rings. The van der Waals surface area contributed by atoms with E-state index in [0.717, 1.165) is 44.6 Å². The summed E-state index contributed by atoms with van der Waals surface area (Å²) in [6.45, 7) is 4.81. The topological polar surface area (TPSA) is 32.7 Å². The summed E-state index contributed by atoms with van der Waals surface area (Å²) in [5, 5.41) is 10.1. The number of ether oxygens (including phenoxy) is 1. The minimum atomic E-state index is -0.408. The summed E-state index contributed by atoms with van der Waals surface area (Å²) in [5.74, 6) is 0.903. The van der Waals surface area contributed by atoms with E-state index in [2.05, 4.69) is 24.0 Å². The summed E-state index contributed by atoms with van der Waals surface area (Å²) >= 11 is 0. The Morgan fingerprint density at radius 2 is 1.94 bits per heavy atom. The van der Waals surface area contributed by atoms with Crippen LogP contribution in [0.25, 0.3) is 0 Å². The molecule has 1 aromatic carbocycles. The van der Waals surface area contributed by atoms with Gasteiger partial charge in [-0.05, 0) is 30.5 Å². The minimum absolute atomic E-state index is 0.408. The van der Waals surface area contributed by atoms with Crippen LogP contribution >= 0.6 is 0 Å². The molecule has 0 amide bonds. The lowest BCUT2D eigenvalue weighted by atomic mass is 9.89. The first-order valence-corrected chi connectivity index (χ1v) is 6.73. The van der Waals surface area contributed by atoms with E-state index in [0.29, 0.717) is 0 Å². The standard InChI is InChI=1S/C15H23NO2/c1-3-9-15(17)11-16(12-15)10-8-13-4-6-14(18-2)7-5-13/h4-7,17H,3,8-12H2,1-2H3. The van der Waals surface area contributed by atoms with Crippen molar-refractivity contribution in [1.29, 1.82) is 0 Å². The number of hydrogen-bond acceptors (Lipinski definition) is 3. The van der Waals surface area contributed by atoms with Crippen LogP contribution in [0.2, 0.25) is 0 Å². The van der Waals surface area contributed by atoms with Gasteiger partial charge in [-0.2, -0.15) is 0 Å². The molecule has 1 fully saturated rings. The average molecular weight is 249 g/mol. The number of likely N-dealkylation sites (tertiary alicyclic amines) is 1. The van der Waals surface area contributed by atoms with Gasteiger partial charge in [-0.15, -0.1) is 0 Å². The molecule has 0 atom stereocenters. The quantitative estimate of drug-likeness (QED) is 0.838. The van der Waals surface area contributed by atoms with Gasteiger partial charge in [-0.25, -0.2) is 0 Å². The summed E-state index contributed by atoms with van der Waals surface area (Å²) in [5.41, 5.74) is 0.913. The number of hydrogen-bond donors (Lipinski definition) is 1. The van der Waals surface area contributed by atoms with Crippen molar-refractivity contribution in [1.82, 2.24) is 4.90 Å². The fourth-order valence-corrected chi connectivity index (χ4v) is 2.65. The molecule has 0 aliphatic carbocycles. The van der Waals surface area contributed by atoms with Crippen molar-refractivity contribution in [3.63, 3.8) is 0 Å². The predicted molar refractivity (Wildman–Crippen MR) is 73.0 cm³/mol.